The van der Waals surface area contributed by atoms with E-state index >= 15 is 0 Å². The molecule has 1 aromatic carbocycles. The van der Waals surface area contributed by atoms with Gasteiger partial charge in [-0.2, -0.15) is 13.5 Å². The van der Waals surface area contributed by atoms with E-state index in [-0.39, 0.29) is 16.6 Å². The lowest BCUT2D eigenvalue weighted by Crippen LogP contribution is -2.32. The molecule has 0 saturated carbocycles. The van der Waals surface area contributed by atoms with Crippen molar-refractivity contribution in [2.75, 3.05) is 16.6 Å². The first-order chi connectivity index (χ1) is 9.37. The molecule has 0 unspecified atom stereocenters. The van der Waals surface area contributed by atoms with Crippen molar-refractivity contribution in [3.05, 3.63) is 35.5 Å². The van der Waals surface area contributed by atoms with Gasteiger partial charge in [-0.3, -0.25) is 8.99 Å². The van der Waals surface area contributed by atoms with Crippen molar-refractivity contribution in [2.24, 2.45) is 7.05 Å². The van der Waals surface area contributed by atoms with Gasteiger partial charge in [0.1, 0.15) is 0 Å². The first-order valence-electron chi connectivity index (χ1n) is 5.93. The minimum Gasteiger partial charge on any atom is -0.399 e. The van der Waals surface area contributed by atoms with Crippen LogP contribution in [0, 0.1) is 0 Å². The molecule has 0 fully saturated rings. The van der Waals surface area contributed by atoms with Crippen molar-refractivity contribution in [3.63, 3.8) is 0 Å². The minimum absolute atomic E-state index is 0.0385. The lowest BCUT2D eigenvalue weighted by atomic mass is 10.3. The van der Waals surface area contributed by atoms with E-state index in [1.807, 2.05) is 0 Å². The van der Waals surface area contributed by atoms with Gasteiger partial charge in [-0.1, -0.05) is 17.7 Å². The molecule has 0 bridgehead atoms. The number of nitrogens with zero attached hydrogens (tertiary/aromatic N) is 3. The number of anilines is 2. The number of hydrogen-bond donors (Lipinski definition) is 1. The fraction of sp³-hybridized carbons (Fsp3) is 0.250. The van der Waals surface area contributed by atoms with Crippen LogP contribution in [0.4, 0.5) is 11.4 Å². The summed E-state index contributed by atoms with van der Waals surface area (Å²) in [5, 5.41) is 3.92. The first-order valence-corrected chi connectivity index (χ1v) is 7.75. The van der Waals surface area contributed by atoms with Gasteiger partial charge in [0.25, 0.3) is 10.0 Å². The number of aromatic nitrogens is 2. The summed E-state index contributed by atoms with van der Waals surface area (Å²) in [6.45, 7) is 2.00. The van der Waals surface area contributed by atoms with Gasteiger partial charge in [-0.05, 0) is 25.1 Å². The predicted molar refractivity (Wildman–Crippen MR) is 79.3 cm³/mol. The molecule has 0 aliphatic rings. The van der Waals surface area contributed by atoms with E-state index in [1.165, 1.54) is 22.2 Å². The van der Waals surface area contributed by atoms with E-state index < -0.39 is 10.0 Å². The molecule has 2 N–H and O–H groups in total. The molecule has 0 aliphatic heterocycles. The van der Waals surface area contributed by atoms with Crippen LogP contribution >= 0.6 is 11.6 Å². The maximum absolute atomic E-state index is 12.7. The number of nitrogen functional groups attached to an aromatic ring is 1. The van der Waals surface area contributed by atoms with Crippen LogP contribution in [0.2, 0.25) is 5.02 Å². The number of benzene rings is 1. The summed E-state index contributed by atoms with van der Waals surface area (Å²) in [5.74, 6) is 0. The van der Waals surface area contributed by atoms with Crippen LogP contribution in [0.25, 0.3) is 0 Å². The third-order valence-corrected chi connectivity index (χ3v) is 5.23. The van der Waals surface area contributed by atoms with E-state index in [0.717, 1.165) is 0 Å². The minimum atomic E-state index is -3.79. The Labute approximate surface area is 122 Å². The van der Waals surface area contributed by atoms with Crippen LogP contribution < -0.4 is 10.0 Å². The van der Waals surface area contributed by atoms with Crippen LogP contribution in [0.5, 0.6) is 0 Å². The zero-order chi connectivity index (χ0) is 14.9. The number of sulfonamides is 1. The second-order valence-corrected chi connectivity index (χ2v) is 6.37. The van der Waals surface area contributed by atoms with Gasteiger partial charge in [0.15, 0.2) is 5.03 Å². The molecule has 8 heteroatoms. The molecule has 0 saturated heterocycles. The van der Waals surface area contributed by atoms with Gasteiger partial charge in [0.2, 0.25) is 0 Å². The number of nitrogens with two attached hydrogens (primary N) is 1. The quantitative estimate of drug-likeness (QED) is 0.874. The number of aryl methyl sites for hydroxylation is 1. The second-order valence-electron chi connectivity index (χ2n) is 4.19. The third-order valence-electron chi connectivity index (χ3n) is 2.82. The van der Waals surface area contributed by atoms with Gasteiger partial charge >= 0.3 is 0 Å². The topological polar surface area (TPSA) is 81.2 Å². The fourth-order valence-electron chi connectivity index (χ4n) is 1.97. The highest BCUT2D eigenvalue weighted by Gasteiger charge is 2.29. The van der Waals surface area contributed by atoms with Crippen molar-refractivity contribution >= 4 is 33.0 Å². The molecule has 0 radical (unpaired) electrons. The van der Waals surface area contributed by atoms with Crippen LogP contribution in [0.1, 0.15) is 6.92 Å². The molecule has 1 aromatic heterocycles. The van der Waals surface area contributed by atoms with Gasteiger partial charge < -0.3 is 5.73 Å². The Hall–Kier alpha value is -1.73. The van der Waals surface area contributed by atoms with Crippen molar-refractivity contribution in [1.82, 2.24) is 9.78 Å². The number of hydrogen-bond acceptors (Lipinski definition) is 4. The molecule has 108 valence electrons. The molecule has 0 spiro atoms. The predicted octanol–water partition coefficient (Wildman–Crippen LogP) is 1.87. The van der Waals surface area contributed by atoms with Gasteiger partial charge in [0, 0.05) is 19.3 Å². The smallest absolute Gasteiger partial charge is 0.283 e. The van der Waals surface area contributed by atoms with Crippen molar-refractivity contribution in [3.8, 4) is 0 Å². The van der Waals surface area contributed by atoms with Crippen molar-refractivity contribution < 1.29 is 8.42 Å². The molecule has 20 heavy (non-hydrogen) atoms. The largest absolute Gasteiger partial charge is 0.399 e. The van der Waals surface area contributed by atoms with E-state index in [0.29, 0.717) is 11.4 Å². The Morgan fingerprint density at radius 3 is 2.65 bits per heavy atom. The van der Waals surface area contributed by atoms with Crippen molar-refractivity contribution in [1.29, 1.82) is 0 Å². The summed E-state index contributed by atoms with van der Waals surface area (Å²) >= 11 is 5.94. The van der Waals surface area contributed by atoms with Crippen LogP contribution in [-0.2, 0) is 17.1 Å². The lowest BCUT2D eigenvalue weighted by molar-refractivity contribution is 0.573. The summed E-state index contributed by atoms with van der Waals surface area (Å²) in [5.41, 5.74) is 6.69. The first kappa shape index (κ1) is 14.7. The molecule has 6 nitrogen and oxygen atoms in total. The highest BCUT2D eigenvalue weighted by atomic mass is 35.5. The number of rotatable bonds is 4. The van der Waals surface area contributed by atoms with E-state index in [9.17, 15) is 8.42 Å². The molecular weight excluding hydrogens is 300 g/mol. The molecule has 0 atom stereocenters. The fourth-order valence-corrected chi connectivity index (χ4v) is 4.04. The Kier molecular flexibility index (Phi) is 3.92. The Morgan fingerprint density at radius 1 is 1.45 bits per heavy atom. The summed E-state index contributed by atoms with van der Waals surface area (Å²) in [4.78, 5) is 0. The summed E-state index contributed by atoms with van der Waals surface area (Å²) in [6.07, 6.45) is 1.31. The Bertz CT molecular complexity index is 707. The van der Waals surface area contributed by atoms with E-state index in [1.54, 1.807) is 31.2 Å². The monoisotopic (exact) mass is 314 g/mol. The maximum atomic E-state index is 12.7. The molecule has 0 aliphatic carbocycles. The van der Waals surface area contributed by atoms with E-state index in [4.69, 9.17) is 17.3 Å². The summed E-state index contributed by atoms with van der Waals surface area (Å²) in [6, 6.07) is 6.68. The molecule has 2 rings (SSSR count). The van der Waals surface area contributed by atoms with Crippen LogP contribution in [0.3, 0.4) is 0 Å². The third kappa shape index (κ3) is 2.46. The Balaban J connectivity index is 2.57. The van der Waals surface area contributed by atoms with Gasteiger partial charge in [-0.25, -0.2) is 0 Å². The highest BCUT2D eigenvalue weighted by molar-refractivity contribution is 7.92. The van der Waals surface area contributed by atoms with Crippen LogP contribution in [-0.4, -0.2) is 24.7 Å². The molecule has 0 amide bonds. The zero-order valence-corrected chi connectivity index (χ0v) is 12.7. The summed E-state index contributed by atoms with van der Waals surface area (Å²) < 4.78 is 27.9. The van der Waals surface area contributed by atoms with Gasteiger partial charge in [0.05, 0.1) is 16.9 Å². The average Bonchev–Trinajstić information content (AvgIpc) is 2.70. The highest BCUT2D eigenvalue weighted by Crippen LogP contribution is 2.28. The number of halogens is 1. The van der Waals surface area contributed by atoms with E-state index in [2.05, 4.69) is 5.10 Å². The lowest BCUT2D eigenvalue weighted by Gasteiger charge is -2.23. The van der Waals surface area contributed by atoms with Crippen molar-refractivity contribution in [2.45, 2.75) is 11.9 Å². The standard InChI is InChI=1S/C12H15ClN4O2S/c1-3-17(10-6-4-5-9(14)7-10)20(18,19)12-11(13)8-15-16(12)2/h4-8H,3,14H2,1-2H3. The molecule has 1 heterocycles. The van der Waals surface area contributed by atoms with Crippen LogP contribution in [0.15, 0.2) is 35.5 Å². The maximum Gasteiger partial charge on any atom is 0.283 e. The van der Waals surface area contributed by atoms with Gasteiger partial charge in [-0.15, -0.1) is 0 Å². The Morgan fingerprint density at radius 2 is 2.15 bits per heavy atom. The SMILES string of the molecule is CCN(c1cccc(N)c1)S(=O)(=O)c1c(Cl)cnn1C. The average molecular weight is 315 g/mol. The summed E-state index contributed by atoms with van der Waals surface area (Å²) in [7, 11) is -2.26. The molecular formula is C12H15ClN4O2S. The zero-order valence-electron chi connectivity index (χ0n) is 11.1. The molecule has 2 aromatic rings. The normalized spacial score (nSPS) is 11.6. The second kappa shape index (κ2) is 5.34.